The van der Waals surface area contributed by atoms with Crippen molar-refractivity contribution in [1.29, 1.82) is 5.26 Å². The van der Waals surface area contributed by atoms with Gasteiger partial charge in [0.15, 0.2) is 0 Å². The molecular weight excluding hydrogens is 233 g/mol. The quantitative estimate of drug-likeness (QED) is 0.799. The summed E-state index contributed by atoms with van der Waals surface area (Å²) in [6, 6.07) is 6.66. The minimum absolute atomic E-state index is 0.188. The second-order valence-corrected chi connectivity index (χ2v) is 5.78. The van der Waals surface area contributed by atoms with E-state index in [-0.39, 0.29) is 5.82 Å². The standard InChI is InChI=1S/C14H16FNS/c15-14-7-6-11(9-16)8-12(14)10-17-13-4-2-1-3-5-13/h6-8,13H,1-5,10H2. The van der Waals surface area contributed by atoms with Gasteiger partial charge in [0, 0.05) is 11.0 Å². The molecule has 0 bridgehead atoms. The Morgan fingerprint density at radius 2 is 2.06 bits per heavy atom. The van der Waals surface area contributed by atoms with E-state index >= 15 is 0 Å². The fraction of sp³-hybridized carbons (Fsp3) is 0.500. The van der Waals surface area contributed by atoms with Crippen LogP contribution in [0.1, 0.15) is 43.2 Å². The lowest BCUT2D eigenvalue weighted by Gasteiger charge is -2.21. The Hall–Kier alpha value is -1.01. The molecule has 0 heterocycles. The van der Waals surface area contributed by atoms with Gasteiger partial charge in [-0.05, 0) is 36.6 Å². The lowest BCUT2D eigenvalue weighted by atomic mass is 10.0. The molecule has 1 aliphatic rings. The van der Waals surface area contributed by atoms with Gasteiger partial charge in [0.2, 0.25) is 0 Å². The van der Waals surface area contributed by atoms with E-state index in [1.54, 1.807) is 6.07 Å². The van der Waals surface area contributed by atoms with Crippen LogP contribution in [0.2, 0.25) is 0 Å². The van der Waals surface area contributed by atoms with Crippen LogP contribution in [0.3, 0.4) is 0 Å². The smallest absolute Gasteiger partial charge is 0.127 e. The molecule has 1 aromatic rings. The van der Waals surface area contributed by atoms with Crippen molar-refractivity contribution in [1.82, 2.24) is 0 Å². The number of rotatable bonds is 3. The molecule has 2 rings (SSSR count). The molecular formula is C14H16FNS. The first kappa shape index (κ1) is 12.4. The molecule has 1 aromatic carbocycles. The molecule has 0 atom stereocenters. The Balaban J connectivity index is 1.95. The Kier molecular flexibility index (Phi) is 4.44. The zero-order valence-electron chi connectivity index (χ0n) is 9.79. The van der Waals surface area contributed by atoms with E-state index in [9.17, 15) is 4.39 Å². The molecule has 0 unspecified atom stereocenters. The summed E-state index contributed by atoms with van der Waals surface area (Å²) in [5.41, 5.74) is 1.21. The Labute approximate surface area is 106 Å². The molecule has 0 aliphatic heterocycles. The highest BCUT2D eigenvalue weighted by Gasteiger charge is 2.14. The average Bonchev–Trinajstić information content (AvgIpc) is 2.39. The summed E-state index contributed by atoms with van der Waals surface area (Å²) in [7, 11) is 0. The molecule has 1 fully saturated rings. The molecule has 1 nitrogen and oxygen atoms in total. The van der Waals surface area contributed by atoms with Crippen molar-refractivity contribution >= 4 is 11.8 Å². The molecule has 3 heteroatoms. The van der Waals surface area contributed by atoms with Crippen molar-refractivity contribution in [3.8, 4) is 6.07 Å². The van der Waals surface area contributed by atoms with Gasteiger partial charge in [-0.2, -0.15) is 17.0 Å². The van der Waals surface area contributed by atoms with Crippen molar-refractivity contribution in [3.63, 3.8) is 0 Å². The number of hydrogen-bond acceptors (Lipinski definition) is 2. The number of nitriles is 1. The van der Waals surface area contributed by atoms with Crippen molar-refractivity contribution in [2.24, 2.45) is 0 Å². The van der Waals surface area contributed by atoms with Gasteiger partial charge in [-0.3, -0.25) is 0 Å². The number of nitrogens with zero attached hydrogens (tertiary/aromatic N) is 1. The number of halogens is 1. The van der Waals surface area contributed by atoms with Gasteiger partial charge in [0.1, 0.15) is 5.82 Å². The second-order valence-electron chi connectivity index (χ2n) is 4.49. The minimum atomic E-state index is -0.188. The maximum atomic E-state index is 13.5. The number of thioether (sulfide) groups is 1. The van der Waals surface area contributed by atoms with Crippen molar-refractivity contribution in [2.75, 3.05) is 0 Å². The van der Waals surface area contributed by atoms with Gasteiger partial charge in [0.25, 0.3) is 0 Å². The first-order chi connectivity index (χ1) is 8.29. The van der Waals surface area contributed by atoms with Gasteiger partial charge in [0.05, 0.1) is 11.6 Å². The topological polar surface area (TPSA) is 23.8 Å². The van der Waals surface area contributed by atoms with E-state index in [2.05, 4.69) is 6.07 Å². The Morgan fingerprint density at radius 3 is 2.76 bits per heavy atom. The van der Waals surface area contributed by atoms with Crippen LogP contribution >= 0.6 is 11.8 Å². The summed E-state index contributed by atoms with van der Waals surface area (Å²) >= 11 is 1.83. The summed E-state index contributed by atoms with van der Waals surface area (Å²) in [6.45, 7) is 0. The van der Waals surface area contributed by atoms with E-state index in [0.717, 1.165) is 0 Å². The predicted octanol–water partition coefficient (Wildman–Crippen LogP) is 4.26. The van der Waals surface area contributed by atoms with E-state index in [4.69, 9.17) is 5.26 Å². The fourth-order valence-electron chi connectivity index (χ4n) is 2.19. The van der Waals surface area contributed by atoms with E-state index in [0.29, 0.717) is 22.1 Å². The van der Waals surface area contributed by atoms with Gasteiger partial charge in [-0.1, -0.05) is 19.3 Å². The molecule has 0 N–H and O–H groups in total. The molecule has 1 saturated carbocycles. The summed E-state index contributed by atoms with van der Waals surface area (Å²) in [5.74, 6) is 0.499. The lowest BCUT2D eigenvalue weighted by molar-refractivity contribution is 0.516. The molecule has 0 spiro atoms. The molecule has 17 heavy (non-hydrogen) atoms. The predicted molar refractivity (Wildman–Crippen MR) is 69.3 cm³/mol. The maximum Gasteiger partial charge on any atom is 0.127 e. The largest absolute Gasteiger partial charge is 0.207 e. The Morgan fingerprint density at radius 1 is 1.29 bits per heavy atom. The highest BCUT2D eigenvalue weighted by atomic mass is 32.2. The van der Waals surface area contributed by atoms with Crippen LogP contribution in [0.15, 0.2) is 18.2 Å². The van der Waals surface area contributed by atoms with Gasteiger partial charge >= 0.3 is 0 Å². The second kappa shape index (κ2) is 6.07. The number of benzene rings is 1. The normalized spacial score (nSPS) is 16.7. The highest BCUT2D eigenvalue weighted by molar-refractivity contribution is 7.99. The summed E-state index contributed by atoms with van der Waals surface area (Å²) in [4.78, 5) is 0. The van der Waals surface area contributed by atoms with Crippen molar-refractivity contribution in [2.45, 2.75) is 43.1 Å². The molecule has 0 amide bonds. The van der Waals surface area contributed by atoms with Gasteiger partial charge in [-0.15, -0.1) is 0 Å². The van der Waals surface area contributed by atoms with E-state index < -0.39 is 0 Å². The fourth-order valence-corrected chi connectivity index (χ4v) is 3.50. The molecule has 0 aromatic heterocycles. The molecule has 0 saturated heterocycles. The lowest BCUT2D eigenvalue weighted by Crippen LogP contribution is -2.08. The van der Waals surface area contributed by atoms with E-state index in [1.807, 2.05) is 11.8 Å². The summed E-state index contributed by atoms with van der Waals surface area (Å²) < 4.78 is 13.5. The third-order valence-corrected chi connectivity index (χ3v) is 4.62. The maximum absolute atomic E-state index is 13.5. The average molecular weight is 249 g/mol. The van der Waals surface area contributed by atoms with Gasteiger partial charge in [-0.25, -0.2) is 4.39 Å². The highest BCUT2D eigenvalue weighted by Crippen LogP contribution is 2.31. The molecule has 0 radical (unpaired) electrons. The molecule has 90 valence electrons. The van der Waals surface area contributed by atoms with Gasteiger partial charge < -0.3 is 0 Å². The van der Waals surface area contributed by atoms with E-state index in [1.165, 1.54) is 44.2 Å². The van der Waals surface area contributed by atoms with Crippen LogP contribution in [-0.2, 0) is 5.75 Å². The van der Waals surface area contributed by atoms with Crippen LogP contribution in [0, 0.1) is 17.1 Å². The van der Waals surface area contributed by atoms with Crippen LogP contribution in [-0.4, -0.2) is 5.25 Å². The molecule has 1 aliphatic carbocycles. The minimum Gasteiger partial charge on any atom is -0.207 e. The third-order valence-electron chi connectivity index (χ3n) is 3.20. The zero-order valence-corrected chi connectivity index (χ0v) is 10.6. The van der Waals surface area contributed by atoms with Crippen LogP contribution in [0.4, 0.5) is 4.39 Å². The van der Waals surface area contributed by atoms with Crippen LogP contribution < -0.4 is 0 Å². The monoisotopic (exact) mass is 249 g/mol. The van der Waals surface area contributed by atoms with Crippen LogP contribution in [0.25, 0.3) is 0 Å². The SMILES string of the molecule is N#Cc1ccc(F)c(CSC2CCCCC2)c1. The Bertz CT molecular complexity index is 419. The third kappa shape index (κ3) is 3.47. The number of hydrogen-bond donors (Lipinski definition) is 0. The van der Waals surface area contributed by atoms with Crippen molar-refractivity contribution < 1.29 is 4.39 Å². The first-order valence-corrected chi connectivity index (χ1v) is 7.14. The summed E-state index contributed by atoms with van der Waals surface area (Å²) in [5, 5.41) is 9.47. The van der Waals surface area contributed by atoms with Crippen LogP contribution in [0.5, 0.6) is 0 Å². The van der Waals surface area contributed by atoms with Crippen molar-refractivity contribution in [3.05, 3.63) is 35.1 Å². The first-order valence-electron chi connectivity index (χ1n) is 6.10. The zero-order chi connectivity index (χ0) is 12.1. The summed E-state index contributed by atoms with van der Waals surface area (Å²) in [6.07, 6.45) is 6.46.